The van der Waals surface area contributed by atoms with Gasteiger partial charge in [0.05, 0.1) is 23.4 Å². The number of hydrogen-bond donors (Lipinski definition) is 0. The molecule has 0 spiro atoms. The highest BCUT2D eigenvalue weighted by Crippen LogP contribution is 2.25. The topological polar surface area (TPSA) is 26.0 Å². The Labute approximate surface area is 110 Å². The van der Waals surface area contributed by atoms with Gasteiger partial charge in [-0.15, -0.1) is 11.6 Å². The molecule has 0 aliphatic heterocycles. The number of halogens is 1. The molecule has 90 valence electrons. The first-order chi connectivity index (χ1) is 8.83. The van der Waals surface area contributed by atoms with Crippen molar-refractivity contribution in [3.05, 3.63) is 66.2 Å². The number of rotatable bonds is 3. The summed E-state index contributed by atoms with van der Waals surface area (Å²) in [6.07, 6.45) is 4.02. The van der Waals surface area contributed by atoms with Crippen LogP contribution in [0.25, 0.3) is 10.9 Å². The summed E-state index contributed by atoms with van der Waals surface area (Å²) in [5.41, 5.74) is 2.99. The van der Waals surface area contributed by atoms with Crippen LogP contribution in [-0.4, -0.2) is 4.98 Å². The summed E-state index contributed by atoms with van der Waals surface area (Å²) >= 11 is 6.33. The van der Waals surface area contributed by atoms with Crippen molar-refractivity contribution < 1.29 is 4.42 Å². The van der Waals surface area contributed by atoms with E-state index >= 15 is 0 Å². The van der Waals surface area contributed by atoms with Crippen molar-refractivity contribution in [1.82, 2.24) is 4.98 Å². The summed E-state index contributed by atoms with van der Waals surface area (Å²) in [4.78, 5) is 4.61. The average Bonchev–Trinajstić information content (AvgIpc) is 2.92. The third-order valence-corrected chi connectivity index (χ3v) is 3.36. The molecule has 0 radical (unpaired) electrons. The van der Waals surface area contributed by atoms with E-state index in [4.69, 9.17) is 16.0 Å². The molecule has 0 saturated heterocycles. The molecule has 0 bridgehead atoms. The Hall–Kier alpha value is -1.80. The van der Waals surface area contributed by atoms with E-state index in [0.29, 0.717) is 6.42 Å². The maximum absolute atomic E-state index is 6.33. The number of furan rings is 1. The second-order valence-electron chi connectivity index (χ2n) is 4.22. The van der Waals surface area contributed by atoms with Crippen molar-refractivity contribution in [3.63, 3.8) is 0 Å². The molecule has 0 aliphatic carbocycles. The molecule has 2 nitrogen and oxygen atoms in total. The summed E-state index contributed by atoms with van der Waals surface area (Å²) in [6.45, 7) is 0. The summed E-state index contributed by atoms with van der Waals surface area (Å²) < 4.78 is 5.04. The Morgan fingerprint density at radius 2 is 2.00 bits per heavy atom. The number of hydrogen-bond acceptors (Lipinski definition) is 2. The van der Waals surface area contributed by atoms with E-state index < -0.39 is 0 Å². The monoisotopic (exact) mass is 257 g/mol. The van der Waals surface area contributed by atoms with Crippen LogP contribution < -0.4 is 0 Å². The normalized spacial score (nSPS) is 12.7. The number of para-hydroxylation sites is 1. The predicted molar refractivity (Wildman–Crippen MR) is 72.7 cm³/mol. The minimum absolute atomic E-state index is 0.0996. The Morgan fingerprint density at radius 1 is 1.11 bits per heavy atom. The smallest absolute Gasteiger partial charge is 0.0949 e. The van der Waals surface area contributed by atoms with Crippen molar-refractivity contribution >= 4 is 22.5 Å². The second-order valence-corrected chi connectivity index (χ2v) is 4.75. The Balaban J connectivity index is 1.86. The van der Waals surface area contributed by atoms with Crippen molar-refractivity contribution in [2.75, 3.05) is 0 Å². The van der Waals surface area contributed by atoms with Crippen LogP contribution in [0.5, 0.6) is 0 Å². The largest absolute Gasteiger partial charge is 0.472 e. The number of benzene rings is 1. The number of fused-ring (bicyclic) bond motifs is 1. The van der Waals surface area contributed by atoms with Gasteiger partial charge in [0.15, 0.2) is 0 Å². The van der Waals surface area contributed by atoms with Gasteiger partial charge in [0.2, 0.25) is 0 Å². The van der Waals surface area contributed by atoms with E-state index in [9.17, 15) is 0 Å². The lowest BCUT2D eigenvalue weighted by atomic mass is 10.1. The molecule has 18 heavy (non-hydrogen) atoms. The molecule has 1 unspecified atom stereocenters. The first-order valence-corrected chi connectivity index (χ1v) is 6.27. The molecular weight excluding hydrogens is 246 g/mol. The summed E-state index contributed by atoms with van der Waals surface area (Å²) in [6, 6.07) is 14.1. The average molecular weight is 258 g/mol. The zero-order valence-corrected chi connectivity index (χ0v) is 10.5. The fraction of sp³-hybridized carbons (Fsp3) is 0.133. The first kappa shape index (κ1) is 11.3. The molecule has 3 aromatic rings. The quantitative estimate of drug-likeness (QED) is 0.652. The highest BCUT2D eigenvalue weighted by atomic mass is 35.5. The van der Waals surface area contributed by atoms with Gasteiger partial charge in [0.1, 0.15) is 0 Å². The van der Waals surface area contributed by atoms with Crippen LogP contribution in [-0.2, 0) is 6.42 Å². The lowest BCUT2D eigenvalue weighted by Crippen LogP contribution is -1.97. The first-order valence-electron chi connectivity index (χ1n) is 5.84. The van der Waals surface area contributed by atoms with Crippen LogP contribution in [0.3, 0.4) is 0 Å². The molecule has 2 aromatic heterocycles. The summed E-state index contributed by atoms with van der Waals surface area (Å²) in [5.74, 6) is 0. The molecule has 0 amide bonds. The maximum atomic E-state index is 6.33. The van der Waals surface area contributed by atoms with Gasteiger partial charge in [-0.25, -0.2) is 0 Å². The van der Waals surface area contributed by atoms with Crippen molar-refractivity contribution in [1.29, 1.82) is 0 Å². The van der Waals surface area contributed by atoms with Crippen LogP contribution in [0.2, 0.25) is 0 Å². The maximum Gasteiger partial charge on any atom is 0.0949 e. The highest BCUT2D eigenvalue weighted by Gasteiger charge is 2.11. The Kier molecular flexibility index (Phi) is 3.03. The lowest BCUT2D eigenvalue weighted by molar-refractivity contribution is 0.563. The van der Waals surface area contributed by atoms with E-state index in [2.05, 4.69) is 17.1 Å². The SMILES string of the molecule is ClC(Cc1ccc2ccccc2n1)c1ccoc1. The number of pyridine rings is 1. The van der Waals surface area contributed by atoms with Gasteiger partial charge in [-0.2, -0.15) is 0 Å². The predicted octanol–water partition coefficient (Wildman–Crippen LogP) is 4.35. The van der Waals surface area contributed by atoms with Gasteiger partial charge >= 0.3 is 0 Å². The fourth-order valence-corrected chi connectivity index (χ4v) is 2.26. The highest BCUT2D eigenvalue weighted by molar-refractivity contribution is 6.20. The zero-order valence-electron chi connectivity index (χ0n) is 9.71. The molecule has 0 aliphatic rings. The number of alkyl halides is 1. The van der Waals surface area contributed by atoms with E-state index in [1.807, 2.05) is 30.3 Å². The standard InChI is InChI=1S/C15H12ClNO/c16-14(12-7-8-18-10-12)9-13-6-5-11-3-1-2-4-15(11)17-13/h1-8,10,14H,9H2. The molecule has 1 atom stereocenters. The van der Waals surface area contributed by atoms with Gasteiger partial charge < -0.3 is 4.42 Å². The molecule has 0 N–H and O–H groups in total. The van der Waals surface area contributed by atoms with Crippen LogP contribution in [0.15, 0.2) is 59.4 Å². The fourth-order valence-electron chi connectivity index (χ4n) is 1.98. The van der Waals surface area contributed by atoms with Crippen LogP contribution in [0.4, 0.5) is 0 Å². The number of nitrogens with zero attached hydrogens (tertiary/aromatic N) is 1. The molecule has 3 heteroatoms. The van der Waals surface area contributed by atoms with Crippen LogP contribution >= 0.6 is 11.6 Å². The van der Waals surface area contributed by atoms with E-state index in [1.165, 1.54) is 0 Å². The van der Waals surface area contributed by atoms with Crippen molar-refractivity contribution in [2.24, 2.45) is 0 Å². The third-order valence-electron chi connectivity index (χ3n) is 2.95. The molecule has 0 saturated carbocycles. The van der Waals surface area contributed by atoms with Crippen molar-refractivity contribution in [2.45, 2.75) is 11.8 Å². The van der Waals surface area contributed by atoms with Crippen LogP contribution in [0, 0.1) is 0 Å². The van der Waals surface area contributed by atoms with Gasteiger partial charge in [0.25, 0.3) is 0 Å². The number of aromatic nitrogens is 1. The van der Waals surface area contributed by atoms with Gasteiger partial charge in [0, 0.05) is 23.1 Å². The lowest BCUT2D eigenvalue weighted by Gasteiger charge is -2.07. The van der Waals surface area contributed by atoms with Gasteiger partial charge in [-0.05, 0) is 18.2 Å². The van der Waals surface area contributed by atoms with Gasteiger partial charge in [-0.3, -0.25) is 4.98 Å². The Morgan fingerprint density at radius 3 is 2.83 bits per heavy atom. The summed E-state index contributed by atoms with van der Waals surface area (Å²) in [7, 11) is 0. The molecule has 1 aromatic carbocycles. The van der Waals surface area contributed by atoms with Crippen molar-refractivity contribution in [3.8, 4) is 0 Å². The van der Waals surface area contributed by atoms with E-state index in [1.54, 1.807) is 12.5 Å². The molecule has 2 heterocycles. The zero-order chi connectivity index (χ0) is 12.4. The molecule has 3 rings (SSSR count). The van der Waals surface area contributed by atoms with Crippen LogP contribution in [0.1, 0.15) is 16.6 Å². The summed E-state index contributed by atoms with van der Waals surface area (Å²) in [5, 5.41) is 1.05. The third kappa shape index (κ3) is 2.24. The second kappa shape index (κ2) is 4.83. The van der Waals surface area contributed by atoms with E-state index in [0.717, 1.165) is 22.2 Å². The minimum atomic E-state index is -0.0996. The molecular formula is C15H12ClNO. The minimum Gasteiger partial charge on any atom is -0.472 e. The van der Waals surface area contributed by atoms with E-state index in [-0.39, 0.29) is 5.38 Å². The molecule has 0 fully saturated rings. The van der Waals surface area contributed by atoms with Gasteiger partial charge in [-0.1, -0.05) is 24.3 Å². The Bertz CT molecular complexity index is 648.